The summed E-state index contributed by atoms with van der Waals surface area (Å²) in [7, 11) is 0. The molecule has 0 radical (unpaired) electrons. The van der Waals surface area contributed by atoms with Crippen molar-refractivity contribution in [3.8, 4) is 0 Å². The first-order valence-corrected chi connectivity index (χ1v) is 7.73. The van der Waals surface area contributed by atoms with Crippen LogP contribution in [0, 0.1) is 5.92 Å². The number of amides is 2. The van der Waals surface area contributed by atoms with Crippen molar-refractivity contribution < 1.29 is 19.1 Å². The van der Waals surface area contributed by atoms with Crippen LogP contribution in [0.3, 0.4) is 0 Å². The first kappa shape index (κ1) is 14.6. The summed E-state index contributed by atoms with van der Waals surface area (Å²) in [6.45, 7) is 7.81. The number of carbonyl (C=O) groups is 2. The summed E-state index contributed by atoms with van der Waals surface area (Å²) >= 11 is 0. The second-order valence-electron chi connectivity index (χ2n) is 7.25. The predicted octanol–water partition coefficient (Wildman–Crippen LogP) is 1.24. The Balaban J connectivity index is 1.52. The maximum atomic E-state index is 12.6. The van der Waals surface area contributed by atoms with Gasteiger partial charge in [-0.25, -0.2) is 4.79 Å². The van der Waals surface area contributed by atoms with Crippen molar-refractivity contribution in [2.45, 2.75) is 51.3 Å². The lowest BCUT2D eigenvalue weighted by Crippen LogP contribution is -2.60. The van der Waals surface area contributed by atoms with E-state index in [1.807, 2.05) is 25.7 Å². The third-order valence-electron chi connectivity index (χ3n) is 4.38. The molecule has 2 atom stereocenters. The monoisotopic (exact) mass is 296 g/mol. The third-order valence-corrected chi connectivity index (χ3v) is 4.38. The molecule has 3 aliphatic heterocycles. The van der Waals surface area contributed by atoms with Gasteiger partial charge in [0, 0.05) is 13.1 Å². The molecule has 0 aliphatic carbocycles. The van der Waals surface area contributed by atoms with Gasteiger partial charge >= 0.3 is 6.09 Å². The average Bonchev–Trinajstić information content (AvgIpc) is 2.55. The van der Waals surface area contributed by atoms with Crippen molar-refractivity contribution in [1.29, 1.82) is 0 Å². The fraction of sp³-hybridized carbons (Fsp3) is 0.867. The number of hydrogen-bond acceptors (Lipinski definition) is 4. The molecule has 2 bridgehead atoms. The van der Waals surface area contributed by atoms with E-state index < -0.39 is 5.60 Å². The number of carbonyl (C=O) groups excluding carboxylic acids is 2. The van der Waals surface area contributed by atoms with E-state index in [4.69, 9.17) is 9.47 Å². The van der Waals surface area contributed by atoms with E-state index in [0.717, 1.165) is 12.8 Å². The minimum Gasteiger partial charge on any atom is -0.444 e. The molecule has 2 unspecified atom stereocenters. The highest BCUT2D eigenvalue weighted by molar-refractivity contribution is 5.83. The lowest BCUT2D eigenvalue weighted by atomic mass is 9.98. The van der Waals surface area contributed by atoms with Crippen LogP contribution < -0.4 is 0 Å². The van der Waals surface area contributed by atoms with E-state index in [1.54, 1.807) is 4.90 Å². The molecule has 3 rings (SSSR count). The molecule has 118 valence electrons. The Morgan fingerprint density at radius 2 is 1.67 bits per heavy atom. The van der Waals surface area contributed by atoms with Gasteiger partial charge in [0.1, 0.15) is 5.60 Å². The standard InChI is InChI=1S/C15H24N2O4/c1-15(2,3)21-14(19)16-6-10(7-16)13(18)17-11-4-5-12(17)9-20-8-11/h10-12H,4-9H2,1-3H3. The number of fused-ring (bicyclic) bond motifs is 2. The maximum Gasteiger partial charge on any atom is 0.410 e. The highest BCUT2D eigenvalue weighted by Gasteiger charge is 2.46. The molecule has 3 fully saturated rings. The number of likely N-dealkylation sites (tertiary alicyclic amines) is 1. The summed E-state index contributed by atoms with van der Waals surface area (Å²) in [5.41, 5.74) is -0.491. The molecule has 3 heterocycles. The summed E-state index contributed by atoms with van der Waals surface area (Å²) in [4.78, 5) is 28.1. The van der Waals surface area contributed by atoms with Gasteiger partial charge in [0.2, 0.25) is 5.91 Å². The van der Waals surface area contributed by atoms with Crippen LogP contribution in [0.1, 0.15) is 33.6 Å². The molecule has 0 aromatic heterocycles. The highest BCUT2D eigenvalue weighted by atomic mass is 16.6. The second kappa shape index (κ2) is 5.16. The number of ether oxygens (including phenoxy) is 2. The van der Waals surface area contributed by atoms with Crippen molar-refractivity contribution in [2.24, 2.45) is 5.92 Å². The van der Waals surface area contributed by atoms with E-state index in [1.165, 1.54) is 0 Å². The summed E-state index contributed by atoms with van der Waals surface area (Å²) in [5, 5.41) is 0. The number of rotatable bonds is 1. The minimum absolute atomic E-state index is 0.0706. The number of morpholine rings is 1. The lowest BCUT2D eigenvalue weighted by Gasteiger charge is -2.43. The van der Waals surface area contributed by atoms with Crippen LogP contribution in [0.25, 0.3) is 0 Å². The zero-order chi connectivity index (χ0) is 15.2. The van der Waals surface area contributed by atoms with Crippen LogP contribution in [0.5, 0.6) is 0 Å². The smallest absolute Gasteiger partial charge is 0.410 e. The molecule has 0 aromatic rings. The Bertz CT molecular complexity index is 423. The van der Waals surface area contributed by atoms with Crippen LogP contribution in [0.15, 0.2) is 0 Å². The van der Waals surface area contributed by atoms with Crippen LogP contribution >= 0.6 is 0 Å². The van der Waals surface area contributed by atoms with Gasteiger partial charge in [0.15, 0.2) is 0 Å². The molecule has 0 saturated carbocycles. The summed E-state index contributed by atoms with van der Waals surface area (Å²) in [6, 6.07) is 0.485. The summed E-state index contributed by atoms with van der Waals surface area (Å²) < 4.78 is 10.8. The largest absolute Gasteiger partial charge is 0.444 e. The van der Waals surface area contributed by atoms with Gasteiger partial charge in [-0.15, -0.1) is 0 Å². The van der Waals surface area contributed by atoms with E-state index in [0.29, 0.717) is 26.3 Å². The average molecular weight is 296 g/mol. The van der Waals surface area contributed by atoms with Crippen molar-refractivity contribution in [2.75, 3.05) is 26.3 Å². The van der Waals surface area contributed by atoms with Gasteiger partial charge in [-0.2, -0.15) is 0 Å². The molecule has 3 aliphatic rings. The summed E-state index contributed by atoms with van der Waals surface area (Å²) in [5.74, 6) is 0.115. The van der Waals surface area contributed by atoms with Crippen molar-refractivity contribution in [3.05, 3.63) is 0 Å². The topological polar surface area (TPSA) is 59.1 Å². The van der Waals surface area contributed by atoms with E-state index in [9.17, 15) is 9.59 Å². The van der Waals surface area contributed by atoms with Gasteiger partial charge in [0.25, 0.3) is 0 Å². The Morgan fingerprint density at radius 3 is 2.19 bits per heavy atom. The Kier molecular flexibility index (Phi) is 3.59. The van der Waals surface area contributed by atoms with Crippen LogP contribution in [0.2, 0.25) is 0 Å². The first-order valence-electron chi connectivity index (χ1n) is 7.73. The molecule has 3 saturated heterocycles. The zero-order valence-corrected chi connectivity index (χ0v) is 13.0. The van der Waals surface area contributed by atoms with Gasteiger partial charge in [-0.3, -0.25) is 4.79 Å². The highest BCUT2D eigenvalue weighted by Crippen LogP contribution is 2.32. The van der Waals surface area contributed by atoms with Crippen LogP contribution in [-0.2, 0) is 14.3 Å². The number of nitrogens with zero attached hydrogens (tertiary/aromatic N) is 2. The second-order valence-corrected chi connectivity index (χ2v) is 7.25. The normalized spacial score (nSPS) is 29.3. The van der Waals surface area contributed by atoms with Crippen molar-refractivity contribution in [3.63, 3.8) is 0 Å². The first-order chi connectivity index (χ1) is 9.85. The molecule has 0 N–H and O–H groups in total. The van der Waals surface area contributed by atoms with Gasteiger partial charge in [-0.05, 0) is 33.6 Å². The van der Waals surface area contributed by atoms with Crippen LogP contribution in [-0.4, -0.2) is 65.8 Å². The maximum absolute atomic E-state index is 12.6. The third kappa shape index (κ3) is 2.86. The molecule has 0 aromatic carbocycles. The number of hydrogen-bond donors (Lipinski definition) is 0. The van der Waals surface area contributed by atoms with E-state index in [2.05, 4.69) is 0 Å². The predicted molar refractivity (Wildman–Crippen MR) is 75.8 cm³/mol. The molecule has 6 nitrogen and oxygen atoms in total. The molecular weight excluding hydrogens is 272 g/mol. The minimum atomic E-state index is -0.491. The van der Waals surface area contributed by atoms with Gasteiger partial charge in [-0.1, -0.05) is 0 Å². The van der Waals surface area contributed by atoms with Gasteiger partial charge in [0.05, 0.1) is 31.2 Å². The molecular formula is C15H24N2O4. The fourth-order valence-corrected chi connectivity index (χ4v) is 3.31. The fourth-order valence-electron chi connectivity index (χ4n) is 3.31. The molecule has 6 heteroatoms. The van der Waals surface area contributed by atoms with Crippen LogP contribution in [0.4, 0.5) is 4.79 Å². The van der Waals surface area contributed by atoms with E-state index >= 15 is 0 Å². The quantitative estimate of drug-likeness (QED) is 0.730. The zero-order valence-electron chi connectivity index (χ0n) is 13.0. The molecule has 0 spiro atoms. The Morgan fingerprint density at radius 1 is 1.10 bits per heavy atom. The Hall–Kier alpha value is -1.30. The summed E-state index contributed by atoms with van der Waals surface area (Å²) in [6.07, 6.45) is 1.76. The van der Waals surface area contributed by atoms with Gasteiger partial charge < -0.3 is 19.3 Å². The Labute approximate surface area is 125 Å². The molecule has 21 heavy (non-hydrogen) atoms. The van der Waals surface area contributed by atoms with Crippen molar-refractivity contribution >= 4 is 12.0 Å². The lowest BCUT2D eigenvalue weighted by molar-refractivity contribution is -0.150. The SMILES string of the molecule is CC(C)(C)OC(=O)N1CC(C(=O)N2C3CCC2COC3)C1. The van der Waals surface area contributed by atoms with E-state index in [-0.39, 0.29) is 30.0 Å². The molecule has 2 amide bonds. The van der Waals surface area contributed by atoms with Crippen molar-refractivity contribution in [1.82, 2.24) is 9.80 Å².